The normalized spacial score (nSPS) is 13.9. The second kappa shape index (κ2) is 11.3. The lowest BCUT2D eigenvalue weighted by Crippen LogP contribution is -2.38. The Balaban J connectivity index is 1.35. The number of carbonyl (C=O) groups is 1. The predicted molar refractivity (Wildman–Crippen MR) is 132 cm³/mol. The smallest absolute Gasteiger partial charge is 0.252 e. The minimum atomic E-state index is -0.517. The second-order valence-electron chi connectivity index (χ2n) is 7.90. The first-order valence-electron chi connectivity index (χ1n) is 11.2. The second-order valence-corrected chi connectivity index (χ2v) is 7.90. The van der Waals surface area contributed by atoms with Gasteiger partial charge in [-0.3, -0.25) is 9.69 Å². The van der Waals surface area contributed by atoms with Crippen molar-refractivity contribution in [2.45, 2.75) is 6.54 Å². The molecule has 1 aliphatic heterocycles. The molecule has 0 radical (unpaired) electrons. The van der Waals surface area contributed by atoms with E-state index in [1.807, 2.05) is 54.6 Å². The molecule has 0 unspecified atom stereocenters. The molecule has 0 atom stereocenters. The Morgan fingerprint density at radius 3 is 2.45 bits per heavy atom. The number of ether oxygens (including phenoxy) is 1. The SMILES string of the molecule is NC(=O)c1cnc(Nc2ccc(NCCN3CCOCC3)cc2)cc1NCc1ccccc1. The Bertz CT molecular complexity index is 1040. The zero-order chi connectivity index (χ0) is 22.9. The summed E-state index contributed by atoms with van der Waals surface area (Å²) in [6, 6.07) is 19.8. The number of benzene rings is 2. The van der Waals surface area contributed by atoms with Crippen molar-refractivity contribution in [1.82, 2.24) is 9.88 Å². The average Bonchev–Trinajstić information content (AvgIpc) is 2.85. The number of morpholine rings is 1. The molecular formula is C25H30N6O2. The van der Waals surface area contributed by atoms with E-state index in [2.05, 4.69) is 25.8 Å². The van der Waals surface area contributed by atoms with Crippen molar-refractivity contribution in [1.29, 1.82) is 0 Å². The Morgan fingerprint density at radius 1 is 1.00 bits per heavy atom. The number of amides is 1. The van der Waals surface area contributed by atoms with E-state index in [1.165, 1.54) is 6.20 Å². The average molecular weight is 447 g/mol. The molecule has 4 rings (SSSR count). The van der Waals surface area contributed by atoms with Crippen molar-refractivity contribution < 1.29 is 9.53 Å². The number of hydrogen-bond donors (Lipinski definition) is 4. The molecule has 0 spiro atoms. The van der Waals surface area contributed by atoms with Crippen molar-refractivity contribution in [2.24, 2.45) is 5.73 Å². The summed E-state index contributed by atoms with van der Waals surface area (Å²) in [4.78, 5) is 18.6. The molecule has 1 saturated heterocycles. The highest BCUT2D eigenvalue weighted by Gasteiger charge is 2.11. The number of carbonyl (C=O) groups excluding carboxylic acids is 1. The van der Waals surface area contributed by atoms with E-state index in [0.29, 0.717) is 23.6 Å². The van der Waals surface area contributed by atoms with Crippen LogP contribution in [0.3, 0.4) is 0 Å². The number of hydrogen-bond acceptors (Lipinski definition) is 7. The molecule has 1 amide bonds. The molecule has 0 saturated carbocycles. The number of rotatable bonds is 10. The first-order valence-corrected chi connectivity index (χ1v) is 11.2. The maximum atomic E-state index is 11.8. The van der Waals surface area contributed by atoms with E-state index in [-0.39, 0.29) is 0 Å². The van der Waals surface area contributed by atoms with Crippen LogP contribution in [0.5, 0.6) is 0 Å². The highest BCUT2D eigenvalue weighted by Crippen LogP contribution is 2.23. The van der Waals surface area contributed by atoms with Gasteiger partial charge in [-0.2, -0.15) is 0 Å². The molecule has 1 aromatic heterocycles. The number of nitrogens with two attached hydrogens (primary N) is 1. The van der Waals surface area contributed by atoms with Crippen LogP contribution < -0.4 is 21.7 Å². The van der Waals surface area contributed by atoms with Crippen molar-refractivity contribution in [3.63, 3.8) is 0 Å². The molecule has 8 heteroatoms. The van der Waals surface area contributed by atoms with E-state index in [4.69, 9.17) is 10.5 Å². The highest BCUT2D eigenvalue weighted by molar-refractivity contribution is 5.98. The van der Waals surface area contributed by atoms with Crippen LogP contribution in [0, 0.1) is 0 Å². The fourth-order valence-electron chi connectivity index (χ4n) is 3.66. The van der Waals surface area contributed by atoms with Gasteiger partial charge in [0.2, 0.25) is 0 Å². The third-order valence-corrected chi connectivity index (χ3v) is 5.51. The number of pyridine rings is 1. The van der Waals surface area contributed by atoms with Crippen LogP contribution in [-0.4, -0.2) is 55.2 Å². The number of primary amides is 1. The van der Waals surface area contributed by atoms with Crippen molar-refractivity contribution >= 4 is 28.8 Å². The van der Waals surface area contributed by atoms with E-state index < -0.39 is 5.91 Å². The minimum absolute atomic E-state index is 0.358. The molecule has 1 aliphatic rings. The quantitative estimate of drug-likeness (QED) is 0.379. The fourth-order valence-corrected chi connectivity index (χ4v) is 3.66. The van der Waals surface area contributed by atoms with Gasteiger partial charge in [0.25, 0.3) is 5.91 Å². The summed E-state index contributed by atoms with van der Waals surface area (Å²) in [5.74, 6) is 0.112. The van der Waals surface area contributed by atoms with Crippen LogP contribution in [0.1, 0.15) is 15.9 Å². The van der Waals surface area contributed by atoms with E-state index in [1.54, 1.807) is 6.07 Å². The Hall–Kier alpha value is -3.62. The van der Waals surface area contributed by atoms with Gasteiger partial charge >= 0.3 is 0 Å². The molecule has 0 aliphatic carbocycles. The molecule has 8 nitrogen and oxygen atoms in total. The highest BCUT2D eigenvalue weighted by atomic mass is 16.5. The predicted octanol–water partition coefficient (Wildman–Crippen LogP) is 3.28. The van der Waals surface area contributed by atoms with E-state index >= 15 is 0 Å². The summed E-state index contributed by atoms with van der Waals surface area (Å²) < 4.78 is 5.38. The van der Waals surface area contributed by atoms with Gasteiger partial charge in [0.15, 0.2) is 0 Å². The molecule has 2 aromatic carbocycles. The summed E-state index contributed by atoms with van der Waals surface area (Å²) >= 11 is 0. The van der Waals surface area contributed by atoms with Gasteiger partial charge in [-0.05, 0) is 29.8 Å². The first kappa shape index (κ1) is 22.6. The van der Waals surface area contributed by atoms with Gasteiger partial charge in [0.05, 0.1) is 24.5 Å². The Kier molecular flexibility index (Phi) is 7.73. The van der Waals surface area contributed by atoms with Crippen LogP contribution in [0.4, 0.5) is 22.9 Å². The molecule has 5 N–H and O–H groups in total. The maximum Gasteiger partial charge on any atom is 0.252 e. The molecule has 0 bridgehead atoms. The van der Waals surface area contributed by atoms with Gasteiger partial charge in [-0.25, -0.2) is 4.98 Å². The van der Waals surface area contributed by atoms with Crippen LogP contribution >= 0.6 is 0 Å². The first-order chi connectivity index (χ1) is 16.2. The lowest BCUT2D eigenvalue weighted by molar-refractivity contribution is 0.0398. The summed E-state index contributed by atoms with van der Waals surface area (Å²) in [7, 11) is 0. The van der Waals surface area contributed by atoms with Crippen molar-refractivity contribution in [3.05, 3.63) is 78.0 Å². The van der Waals surface area contributed by atoms with Crippen LogP contribution in [0.25, 0.3) is 0 Å². The zero-order valence-corrected chi connectivity index (χ0v) is 18.6. The maximum absolute atomic E-state index is 11.8. The summed E-state index contributed by atoms with van der Waals surface area (Å²) in [5, 5.41) is 10.0. The number of nitrogens with one attached hydrogen (secondary N) is 3. The topological polar surface area (TPSA) is 105 Å². The van der Waals surface area contributed by atoms with Gasteiger partial charge in [-0.15, -0.1) is 0 Å². The van der Waals surface area contributed by atoms with Crippen molar-refractivity contribution in [2.75, 3.05) is 55.3 Å². The van der Waals surface area contributed by atoms with Gasteiger partial charge < -0.3 is 26.4 Å². The summed E-state index contributed by atoms with van der Waals surface area (Å²) in [6.45, 7) is 6.09. The van der Waals surface area contributed by atoms with Crippen molar-refractivity contribution in [3.8, 4) is 0 Å². The van der Waals surface area contributed by atoms with Gasteiger partial charge in [-0.1, -0.05) is 30.3 Å². The lowest BCUT2D eigenvalue weighted by atomic mass is 10.2. The largest absolute Gasteiger partial charge is 0.384 e. The molecule has 1 fully saturated rings. The van der Waals surface area contributed by atoms with Gasteiger partial charge in [0.1, 0.15) is 5.82 Å². The van der Waals surface area contributed by atoms with E-state index in [0.717, 1.165) is 56.3 Å². The molecule has 3 aromatic rings. The lowest BCUT2D eigenvalue weighted by Gasteiger charge is -2.26. The Morgan fingerprint density at radius 2 is 1.73 bits per heavy atom. The molecular weight excluding hydrogens is 416 g/mol. The van der Waals surface area contributed by atoms with Crippen LogP contribution in [-0.2, 0) is 11.3 Å². The summed E-state index contributed by atoms with van der Waals surface area (Å²) in [6.07, 6.45) is 1.50. The monoisotopic (exact) mass is 446 g/mol. The Labute approximate surface area is 194 Å². The van der Waals surface area contributed by atoms with E-state index in [9.17, 15) is 4.79 Å². The number of anilines is 4. The standard InChI is InChI=1S/C25H30N6O2/c26-25(32)22-18-29-24(16-23(22)28-17-19-4-2-1-3-5-19)30-21-8-6-20(7-9-21)27-10-11-31-12-14-33-15-13-31/h1-9,16,18,27H,10-15,17H2,(H2,26,32)(H2,28,29,30). The molecule has 2 heterocycles. The summed E-state index contributed by atoms with van der Waals surface area (Å²) in [5.41, 5.74) is 9.61. The number of nitrogens with zero attached hydrogens (tertiary/aromatic N) is 2. The molecule has 33 heavy (non-hydrogen) atoms. The third kappa shape index (κ3) is 6.68. The third-order valence-electron chi connectivity index (χ3n) is 5.51. The molecule has 172 valence electrons. The minimum Gasteiger partial charge on any atom is -0.384 e. The van der Waals surface area contributed by atoms with Crippen LogP contribution in [0.2, 0.25) is 0 Å². The van der Waals surface area contributed by atoms with Gasteiger partial charge in [0, 0.05) is 56.4 Å². The zero-order valence-electron chi connectivity index (χ0n) is 18.6. The fraction of sp³-hybridized carbons (Fsp3) is 0.280. The van der Waals surface area contributed by atoms with Crippen LogP contribution in [0.15, 0.2) is 66.9 Å². The number of aromatic nitrogens is 1.